The number of carbonyl (C=O) groups is 1. The van der Waals surface area contributed by atoms with Crippen molar-refractivity contribution in [3.8, 4) is 5.69 Å². The Bertz CT molecular complexity index is 798. The number of para-hydroxylation sites is 1. The summed E-state index contributed by atoms with van der Waals surface area (Å²) < 4.78 is 3.63. The van der Waals surface area contributed by atoms with Crippen molar-refractivity contribution in [3.63, 3.8) is 0 Å². The highest BCUT2D eigenvalue weighted by Gasteiger charge is 2.18. The summed E-state index contributed by atoms with van der Waals surface area (Å²) in [7, 11) is 0. The van der Waals surface area contributed by atoms with Gasteiger partial charge in [0.1, 0.15) is 6.33 Å². The summed E-state index contributed by atoms with van der Waals surface area (Å²) >= 11 is 0. The molecule has 0 aliphatic carbocycles. The molecule has 0 spiro atoms. The van der Waals surface area contributed by atoms with Crippen molar-refractivity contribution >= 4 is 5.91 Å². The summed E-state index contributed by atoms with van der Waals surface area (Å²) in [5.74, 6) is -0.0552. The first-order valence-corrected chi connectivity index (χ1v) is 6.87. The molecule has 21 heavy (non-hydrogen) atoms. The minimum atomic E-state index is -0.0552. The van der Waals surface area contributed by atoms with Crippen LogP contribution in [-0.2, 0) is 0 Å². The predicted octanol–water partition coefficient (Wildman–Crippen LogP) is 3.29. The fraction of sp³-hybridized carbons (Fsp3) is 0.176. The number of hydrogen-bond donors (Lipinski definition) is 0. The average molecular weight is 279 g/mol. The molecule has 0 unspecified atom stereocenters. The topological polar surface area (TPSA) is 39.8 Å². The molecule has 0 N–H and O–H groups in total. The predicted molar refractivity (Wildman–Crippen MR) is 81.9 cm³/mol. The maximum atomic E-state index is 12.5. The molecule has 4 nitrogen and oxygen atoms in total. The van der Waals surface area contributed by atoms with Gasteiger partial charge >= 0.3 is 0 Å². The van der Waals surface area contributed by atoms with Crippen LogP contribution in [0, 0.1) is 20.8 Å². The summed E-state index contributed by atoms with van der Waals surface area (Å²) in [4.78, 5) is 16.5. The van der Waals surface area contributed by atoms with Crippen molar-refractivity contribution in [2.45, 2.75) is 20.8 Å². The van der Waals surface area contributed by atoms with Crippen LogP contribution in [0.1, 0.15) is 27.3 Å². The summed E-state index contributed by atoms with van der Waals surface area (Å²) in [5, 5.41) is 0. The zero-order valence-corrected chi connectivity index (χ0v) is 12.4. The van der Waals surface area contributed by atoms with Crippen LogP contribution in [0.5, 0.6) is 0 Å². The van der Waals surface area contributed by atoms with Gasteiger partial charge in [0.25, 0.3) is 5.91 Å². The fourth-order valence-electron chi connectivity index (χ4n) is 2.68. The van der Waals surface area contributed by atoms with E-state index in [1.165, 1.54) is 16.5 Å². The molecule has 0 atom stereocenters. The summed E-state index contributed by atoms with van der Waals surface area (Å²) in [6, 6.07) is 10.1. The average Bonchev–Trinajstić information content (AvgIpc) is 3.08. The van der Waals surface area contributed by atoms with Gasteiger partial charge < -0.3 is 4.57 Å². The van der Waals surface area contributed by atoms with Crippen molar-refractivity contribution in [2.24, 2.45) is 0 Å². The van der Waals surface area contributed by atoms with E-state index >= 15 is 0 Å². The summed E-state index contributed by atoms with van der Waals surface area (Å²) in [5.41, 5.74) is 4.98. The highest BCUT2D eigenvalue weighted by molar-refractivity contribution is 5.97. The van der Waals surface area contributed by atoms with Crippen molar-refractivity contribution in [1.82, 2.24) is 14.1 Å². The molecule has 4 heteroatoms. The second-order valence-corrected chi connectivity index (χ2v) is 5.18. The molecule has 106 valence electrons. The lowest BCUT2D eigenvalue weighted by Gasteiger charge is -2.12. The summed E-state index contributed by atoms with van der Waals surface area (Å²) in [6.07, 6.45) is 4.81. The number of carbonyl (C=O) groups excluding carboxylic acids is 1. The van der Waals surface area contributed by atoms with Gasteiger partial charge in [-0.15, -0.1) is 0 Å². The van der Waals surface area contributed by atoms with Gasteiger partial charge in [0.2, 0.25) is 0 Å². The lowest BCUT2D eigenvalue weighted by atomic mass is 10.2. The Kier molecular flexibility index (Phi) is 3.22. The Labute approximate surface area is 123 Å². The van der Waals surface area contributed by atoms with Crippen molar-refractivity contribution < 1.29 is 4.79 Å². The van der Waals surface area contributed by atoms with E-state index in [-0.39, 0.29) is 5.91 Å². The van der Waals surface area contributed by atoms with E-state index in [0.29, 0.717) is 5.56 Å². The van der Waals surface area contributed by atoms with Crippen LogP contribution in [0.4, 0.5) is 0 Å². The van der Waals surface area contributed by atoms with Crippen molar-refractivity contribution in [3.05, 3.63) is 71.6 Å². The van der Waals surface area contributed by atoms with Crippen LogP contribution in [0.3, 0.4) is 0 Å². The third-order valence-electron chi connectivity index (χ3n) is 3.76. The molecular weight excluding hydrogens is 262 g/mol. The monoisotopic (exact) mass is 279 g/mol. The van der Waals surface area contributed by atoms with Crippen LogP contribution in [0.25, 0.3) is 5.69 Å². The molecule has 0 aliphatic heterocycles. The number of hydrogen-bond acceptors (Lipinski definition) is 2. The molecule has 2 heterocycles. The molecular formula is C17H17N3O. The lowest BCUT2D eigenvalue weighted by molar-refractivity contribution is 0.0959. The standard InChI is InChI=1S/C17H17N3O/c1-12-6-4-5-7-16(12)20-13(2)10-15(14(20)3)17(21)19-9-8-18-11-19/h4-11H,1-3H3. The zero-order chi connectivity index (χ0) is 15.0. The zero-order valence-electron chi connectivity index (χ0n) is 12.4. The first-order chi connectivity index (χ1) is 10.1. The number of aromatic nitrogens is 3. The molecule has 2 aromatic heterocycles. The SMILES string of the molecule is Cc1ccccc1-n1c(C)cc(C(=O)n2ccnc2)c1C. The normalized spacial score (nSPS) is 10.8. The largest absolute Gasteiger partial charge is 0.317 e. The molecule has 0 saturated carbocycles. The van der Waals surface area contributed by atoms with Gasteiger partial charge in [-0.25, -0.2) is 4.98 Å². The quantitative estimate of drug-likeness (QED) is 0.722. The Morgan fingerprint density at radius 2 is 1.90 bits per heavy atom. The summed E-state index contributed by atoms with van der Waals surface area (Å²) in [6.45, 7) is 6.07. The van der Waals surface area contributed by atoms with Gasteiger partial charge in [-0.1, -0.05) is 18.2 Å². The Morgan fingerprint density at radius 3 is 2.57 bits per heavy atom. The molecule has 1 aromatic carbocycles. The van der Waals surface area contributed by atoms with E-state index in [0.717, 1.165) is 17.1 Å². The van der Waals surface area contributed by atoms with E-state index in [1.807, 2.05) is 32.0 Å². The van der Waals surface area contributed by atoms with Gasteiger partial charge in [-0.3, -0.25) is 9.36 Å². The third kappa shape index (κ3) is 2.18. The molecule has 0 aliphatic rings. The van der Waals surface area contributed by atoms with Crippen LogP contribution in [-0.4, -0.2) is 20.0 Å². The highest BCUT2D eigenvalue weighted by Crippen LogP contribution is 2.23. The van der Waals surface area contributed by atoms with Gasteiger partial charge in [0.05, 0.1) is 5.56 Å². The number of imidazole rings is 1. The second kappa shape index (κ2) is 5.05. The minimum Gasteiger partial charge on any atom is -0.317 e. The molecule has 0 fully saturated rings. The van der Waals surface area contributed by atoms with E-state index in [2.05, 4.69) is 28.6 Å². The first kappa shape index (κ1) is 13.4. The smallest absolute Gasteiger partial charge is 0.264 e. The van der Waals surface area contributed by atoms with Crippen LogP contribution < -0.4 is 0 Å². The molecule has 3 aromatic rings. The number of aryl methyl sites for hydroxylation is 2. The fourth-order valence-corrected chi connectivity index (χ4v) is 2.68. The van der Waals surface area contributed by atoms with Gasteiger partial charge in [0, 0.05) is 29.5 Å². The number of rotatable bonds is 2. The Balaban J connectivity index is 2.14. The Morgan fingerprint density at radius 1 is 1.14 bits per heavy atom. The maximum absolute atomic E-state index is 12.5. The van der Waals surface area contributed by atoms with Crippen LogP contribution >= 0.6 is 0 Å². The van der Waals surface area contributed by atoms with Crippen molar-refractivity contribution in [2.75, 3.05) is 0 Å². The lowest BCUT2D eigenvalue weighted by Crippen LogP contribution is -2.11. The number of benzene rings is 1. The third-order valence-corrected chi connectivity index (χ3v) is 3.76. The van der Waals surface area contributed by atoms with Gasteiger partial charge in [0.15, 0.2) is 0 Å². The van der Waals surface area contributed by atoms with E-state index in [9.17, 15) is 4.79 Å². The molecule has 0 bridgehead atoms. The highest BCUT2D eigenvalue weighted by atomic mass is 16.2. The first-order valence-electron chi connectivity index (χ1n) is 6.87. The maximum Gasteiger partial charge on any atom is 0.264 e. The van der Waals surface area contributed by atoms with Gasteiger partial charge in [-0.2, -0.15) is 0 Å². The molecule has 3 rings (SSSR count). The van der Waals surface area contributed by atoms with E-state index < -0.39 is 0 Å². The molecule has 0 amide bonds. The van der Waals surface area contributed by atoms with Gasteiger partial charge in [-0.05, 0) is 38.5 Å². The minimum absolute atomic E-state index is 0.0552. The van der Waals surface area contributed by atoms with E-state index in [1.54, 1.807) is 12.4 Å². The van der Waals surface area contributed by atoms with E-state index in [4.69, 9.17) is 0 Å². The Hall–Kier alpha value is -2.62. The molecule has 0 saturated heterocycles. The van der Waals surface area contributed by atoms with Crippen LogP contribution in [0.15, 0.2) is 49.1 Å². The second-order valence-electron chi connectivity index (χ2n) is 5.18. The van der Waals surface area contributed by atoms with Crippen molar-refractivity contribution in [1.29, 1.82) is 0 Å². The van der Waals surface area contributed by atoms with Crippen LogP contribution in [0.2, 0.25) is 0 Å². The molecule has 0 radical (unpaired) electrons. The number of nitrogens with zero attached hydrogens (tertiary/aromatic N) is 3.